The number of anilines is 1. The minimum Gasteiger partial charge on any atom is -0.392 e. The van der Waals surface area contributed by atoms with E-state index in [0.29, 0.717) is 30.0 Å². The van der Waals surface area contributed by atoms with Crippen molar-refractivity contribution in [3.05, 3.63) is 148 Å². The summed E-state index contributed by atoms with van der Waals surface area (Å²) in [6, 6.07) is 23.9. The molecule has 5 aromatic rings. The Hall–Kier alpha value is -5.28. The SMILES string of the molecule is O=C(NCc1ccccc1-c1ccc([C@@H]2O[C@H](CN3CCN(c4ncccn4)CC3)C[C@H](c3ccc(CO)cc3)O2)cc1)c1c(F)c(F)c(F)c(F)c1F. The van der Waals surface area contributed by atoms with E-state index >= 15 is 0 Å². The number of carbonyl (C=O) groups is 1. The topological polar surface area (TPSA) is 100 Å². The van der Waals surface area contributed by atoms with Crippen molar-refractivity contribution in [1.82, 2.24) is 20.2 Å². The molecular weight excluding hydrogens is 709 g/mol. The second-order valence-electron chi connectivity index (χ2n) is 13.1. The van der Waals surface area contributed by atoms with E-state index in [2.05, 4.69) is 25.1 Å². The fraction of sp³-hybridized carbons (Fsp3) is 0.275. The molecule has 14 heteroatoms. The third kappa shape index (κ3) is 7.97. The number of hydrogen-bond donors (Lipinski definition) is 2. The summed E-state index contributed by atoms with van der Waals surface area (Å²) in [6.45, 7) is 3.57. The van der Waals surface area contributed by atoms with Gasteiger partial charge in [-0.05, 0) is 33.9 Å². The number of carbonyl (C=O) groups excluding carboxylic acids is 1. The summed E-state index contributed by atoms with van der Waals surface area (Å²) in [7, 11) is 0. The van der Waals surface area contributed by atoms with E-state index in [-0.39, 0.29) is 25.4 Å². The van der Waals surface area contributed by atoms with Gasteiger partial charge in [-0.15, -0.1) is 0 Å². The molecule has 2 fully saturated rings. The molecule has 4 aromatic carbocycles. The van der Waals surface area contributed by atoms with E-state index in [1.165, 1.54) is 0 Å². The Morgan fingerprint density at radius 2 is 1.39 bits per heavy atom. The first-order valence-electron chi connectivity index (χ1n) is 17.4. The number of aliphatic hydroxyl groups is 1. The lowest BCUT2D eigenvalue weighted by molar-refractivity contribution is -0.253. The van der Waals surface area contributed by atoms with Gasteiger partial charge in [-0.1, -0.05) is 72.8 Å². The molecule has 7 rings (SSSR count). The van der Waals surface area contributed by atoms with Crippen LogP contribution in [0.2, 0.25) is 0 Å². The predicted octanol–water partition coefficient (Wildman–Crippen LogP) is 6.63. The smallest absolute Gasteiger partial charge is 0.257 e. The number of aliphatic hydroxyl groups excluding tert-OH is 1. The van der Waals surface area contributed by atoms with Crippen molar-refractivity contribution >= 4 is 11.9 Å². The number of nitrogens with one attached hydrogen (secondary N) is 1. The molecule has 2 saturated heterocycles. The summed E-state index contributed by atoms with van der Waals surface area (Å²) < 4.78 is 82.6. The minimum absolute atomic E-state index is 0.0622. The average molecular weight is 746 g/mol. The van der Waals surface area contributed by atoms with E-state index < -0.39 is 46.8 Å². The van der Waals surface area contributed by atoms with Gasteiger partial charge < -0.3 is 24.8 Å². The van der Waals surface area contributed by atoms with Gasteiger partial charge in [0.2, 0.25) is 11.8 Å². The highest BCUT2D eigenvalue weighted by Crippen LogP contribution is 2.39. The number of aromatic nitrogens is 2. The zero-order valence-corrected chi connectivity index (χ0v) is 28.9. The maximum Gasteiger partial charge on any atom is 0.257 e. The van der Waals surface area contributed by atoms with Crippen LogP contribution in [0.25, 0.3) is 11.1 Å². The summed E-state index contributed by atoms with van der Waals surface area (Å²) >= 11 is 0. The summed E-state index contributed by atoms with van der Waals surface area (Å²) in [4.78, 5) is 25.9. The molecular formula is C40H36F5N5O4. The molecule has 0 radical (unpaired) electrons. The Kier molecular flexibility index (Phi) is 11.2. The van der Waals surface area contributed by atoms with Gasteiger partial charge in [-0.2, -0.15) is 0 Å². The van der Waals surface area contributed by atoms with Crippen LogP contribution in [0, 0.1) is 29.1 Å². The molecule has 9 nitrogen and oxygen atoms in total. The van der Waals surface area contributed by atoms with Gasteiger partial charge in [0.05, 0.1) is 18.8 Å². The average Bonchev–Trinajstić information content (AvgIpc) is 3.22. The molecule has 2 aliphatic heterocycles. The van der Waals surface area contributed by atoms with Crippen molar-refractivity contribution in [2.75, 3.05) is 37.6 Å². The van der Waals surface area contributed by atoms with Crippen LogP contribution in [-0.4, -0.2) is 64.7 Å². The van der Waals surface area contributed by atoms with Gasteiger partial charge in [0.25, 0.3) is 5.91 Å². The van der Waals surface area contributed by atoms with Crippen molar-refractivity contribution < 1.29 is 41.3 Å². The molecule has 2 aliphatic rings. The van der Waals surface area contributed by atoms with Crippen molar-refractivity contribution in [1.29, 1.82) is 0 Å². The highest BCUT2D eigenvalue weighted by Gasteiger charge is 2.34. The molecule has 1 aromatic heterocycles. The molecule has 280 valence electrons. The molecule has 1 amide bonds. The Labute approximate surface area is 308 Å². The number of amides is 1. The number of hydrogen-bond acceptors (Lipinski definition) is 8. The van der Waals surface area contributed by atoms with Crippen LogP contribution < -0.4 is 10.2 Å². The maximum absolute atomic E-state index is 14.3. The van der Waals surface area contributed by atoms with Crippen LogP contribution in [0.5, 0.6) is 0 Å². The van der Waals surface area contributed by atoms with E-state index in [4.69, 9.17) is 9.47 Å². The molecule has 0 saturated carbocycles. The van der Waals surface area contributed by atoms with Gasteiger partial charge in [0.15, 0.2) is 29.6 Å². The zero-order valence-electron chi connectivity index (χ0n) is 28.9. The largest absolute Gasteiger partial charge is 0.392 e. The molecule has 0 bridgehead atoms. The van der Waals surface area contributed by atoms with Crippen LogP contribution in [0.4, 0.5) is 27.9 Å². The quantitative estimate of drug-likeness (QED) is 0.0935. The number of benzene rings is 4. The Bertz CT molecular complexity index is 2060. The van der Waals surface area contributed by atoms with Gasteiger partial charge in [-0.25, -0.2) is 31.9 Å². The highest BCUT2D eigenvalue weighted by atomic mass is 19.2. The van der Waals surface area contributed by atoms with E-state index in [9.17, 15) is 31.9 Å². The monoisotopic (exact) mass is 745 g/mol. The summed E-state index contributed by atoms with van der Waals surface area (Å²) in [6.07, 6.45) is 2.97. The van der Waals surface area contributed by atoms with Gasteiger partial charge in [0.1, 0.15) is 5.56 Å². The predicted molar refractivity (Wildman–Crippen MR) is 188 cm³/mol. The third-order valence-corrected chi connectivity index (χ3v) is 9.67. The van der Waals surface area contributed by atoms with E-state index in [0.717, 1.165) is 48.4 Å². The number of piperazine rings is 1. The number of nitrogens with zero attached hydrogens (tertiary/aromatic N) is 4. The van der Waals surface area contributed by atoms with Crippen LogP contribution in [0.3, 0.4) is 0 Å². The summed E-state index contributed by atoms with van der Waals surface area (Å²) in [5.41, 5.74) is 2.94. The lowest BCUT2D eigenvalue weighted by atomic mass is 9.97. The van der Waals surface area contributed by atoms with Gasteiger partial charge in [-0.3, -0.25) is 9.69 Å². The number of halogens is 5. The Morgan fingerprint density at radius 1 is 0.759 bits per heavy atom. The second-order valence-corrected chi connectivity index (χ2v) is 13.1. The van der Waals surface area contributed by atoms with Crippen molar-refractivity contribution in [2.24, 2.45) is 0 Å². The Morgan fingerprint density at radius 3 is 2.06 bits per heavy atom. The zero-order chi connectivity index (χ0) is 37.8. The number of ether oxygens (including phenoxy) is 2. The normalized spacial score (nSPS) is 19.1. The molecule has 2 N–H and O–H groups in total. The van der Waals surface area contributed by atoms with Crippen molar-refractivity contribution in [2.45, 2.75) is 38.1 Å². The summed E-state index contributed by atoms with van der Waals surface area (Å²) in [5, 5.41) is 11.8. The lowest BCUT2D eigenvalue weighted by Crippen LogP contribution is -2.50. The number of rotatable bonds is 10. The second kappa shape index (κ2) is 16.4. The molecule has 3 heterocycles. The first-order chi connectivity index (χ1) is 26.2. The van der Waals surface area contributed by atoms with Crippen LogP contribution in [0.15, 0.2) is 91.3 Å². The molecule has 0 spiro atoms. The first-order valence-corrected chi connectivity index (χ1v) is 17.4. The molecule has 54 heavy (non-hydrogen) atoms. The van der Waals surface area contributed by atoms with Crippen molar-refractivity contribution in [3.8, 4) is 11.1 Å². The molecule has 3 atom stereocenters. The standard InChI is InChI=1S/C40H36F5N5O4/c41-33-32(34(42)36(44)37(45)35(33)43)38(52)48-21-28-4-1-2-5-30(28)25-10-12-27(13-11-25)39-53-29(20-31(54-39)26-8-6-24(23-51)7-9-26)22-49-16-18-50(19-17-49)40-46-14-3-15-47-40/h1-15,29,31,39,51H,16-23H2,(H,48,52)/t29-,31+,39+/m0/s1. The van der Waals surface area contributed by atoms with E-state index in [1.54, 1.807) is 42.7 Å². The van der Waals surface area contributed by atoms with Crippen LogP contribution in [0.1, 0.15) is 51.4 Å². The van der Waals surface area contributed by atoms with Crippen molar-refractivity contribution in [3.63, 3.8) is 0 Å². The van der Waals surface area contributed by atoms with Gasteiger partial charge >= 0.3 is 0 Å². The maximum atomic E-state index is 14.3. The third-order valence-electron chi connectivity index (χ3n) is 9.67. The molecule has 0 aliphatic carbocycles. The van der Waals surface area contributed by atoms with Crippen LogP contribution >= 0.6 is 0 Å². The fourth-order valence-corrected chi connectivity index (χ4v) is 6.75. The Balaban J connectivity index is 1.06. The van der Waals surface area contributed by atoms with Gasteiger partial charge in [0, 0.05) is 63.6 Å². The molecule has 0 unspecified atom stereocenters. The summed E-state index contributed by atoms with van der Waals surface area (Å²) in [5.74, 6) is -11.9. The minimum atomic E-state index is -2.34. The highest BCUT2D eigenvalue weighted by molar-refractivity contribution is 5.95. The lowest BCUT2D eigenvalue weighted by Gasteiger charge is -2.40. The van der Waals surface area contributed by atoms with Crippen LogP contribution in [-0.2, 0) is 22.6 Å². The first kappa shape index (κ1) is 37.1. The fourth-order valence-electron chi connectivity index (χ4n) is 6.75. The van der Waals surface area contributed by atoms with E-state index in [1.807, 2.05) is 48.5 Å².